The summed E-state index contributed by atoms with van der Waals surface area (Å²) in [5, 5.41) is 26.8. The lowest BCUT2D eigenvalue weighted by Gasteiger charge is -1.99. The van der Waals surface area contributed by atoms with Crippen molar-refractivity contribution in [3.05, 3.63) is 74.8 Å². The molecular formula is C14H7F4NO6. The minimum Gasteiger partial charge on any atom is -0.477 e. The van der Waals surface area contributed by atoms with Gasteiger partial charge in [-0.25, -0.2) is 22.8 Å². The van der Waals surface area contributed by atoms with E-state index in [4.69, 9.17) is 10.2 Å². The first-order valence-electron chi connectivity index (χ1n) is 6.10. The van der Waals surface area contributed by atoms with E-state index in [9.17, 15) is 37.3 Å². The first-order chi connectivity index (χ1) is 11.6. The zero-order valence-electron chi connectivity index (χ0n) is 11.9. The van der Waals surface area contributed by atoms with Gasteiger partial charge in [0.2, 0.25) is 5.82 Å². The van der Waals surface area contributed by atoms with Crippen LogP contribution in [0, 0.1) is 33.4 Å². The van der Waals surface area contributed by atoms with Gasteiger partial charge in [-0.05, 0) is 18.2 Å². The molecule has 0 aromatic heterocycles. The van der Waals surface area contributed by atoms with E-state index >= 15 is 0 Å². The molecule has 0 saturated carbocycles. The number of carboxylic acid groups (broad SMARTS) is 2. The third-order valence-electron chi connectivity index (χ3n) is 2.66. The van der Waals surface area contributed by atoms with E-state index in [2.05, 4.69) is 0 Å². The summed E-state index contributed by atoms with van der Waals surface area (Å²) in [6, 6.07) is 4.00. The van der Waals surface area contributed by atoms with Crippen LogP contribution in [0.4, 0.5) is 23.2 Å². The number of benzene rings is 2. The Morgan fingerprint density at radius 2 is 1.28 bits per heavy atom. The Labute approximate surface area is 135 Å². The minimum atomic E-state index is -1.89. The second kappa shape index (κ2) is 7.86. The number of nitrogens with zero attached hydrogens (tertiary/aromatic N) is 1. The number of carboxylic acids is 2. The second-order valence-electron chi connectivity index (χ2n) is 4.22. The van der Waals surface area contributed by atoms with Gasteiger partial charge >= 0.3 is 17.6 Å². The number of rotatable bonds is 3. The van der Waals surface area contributed by atoms with E-state index in [0.29, 0.717) is 12.1 Å². The van der Waals surface area contributed by atoms with Crippen LogP contribution in [0.1, 0.15) is 20.7 Å². The summed E-state index contributed by atoms with van der Waals surface area (Å²) < 4.78 is 50.6. The fraction of sp³-hybridized carbons (Fsp3) is 0. The molecule has 0 aliphatic rings. The van der Waals surface area contributed by atoms with Crippen molar-refractivity contribution < 1.29 is 42.3 Å². The molecule has 0 bridgehead atoms. The maximum absolute atomic E-state index is 13.0. The van der Waals surface area contributed by atoms with E-state index < -0.39 is 56.9 Å². The molecule has 132 valence electrons. The first-order valence-corrected chi connectivity index (χ1v) is 6.10. The molecule has 0 amide bonds. The SMILES string of the molecule is O=C(O)c1c(F)ccc([N+](=O)[O-])c1F.O=C(O)c1c(F)cccc1F. The van der Waals surface area contributed by atoms with Crippen LogP contribution in [0.2, 0.25) is 0 Å². The summed E-state index contributed by atoms with van der Waals surface area (Å²) in [6.45, 7) is 0. The normalized spacial score (nSPS) is 9.76. The molecule has 25 heavy (non-hydrogen) atoms. The lowest BCUT2D eigenvalue weighted by molar-refractivity contribution is -0.387. The molecule has 7 nitrogen and oxygen atoms in total. The molecule has 0 aliphatic carbocycles. The highest BCUT2D eigenvalue weighted by atomic mass is 19.1. The van der Waals surface area contributed by atoms with Gasteiger partial charge in [-0.2, -0.15) is 4.39 Å². The van der Waals surface area contributed by atoms with Crippen LogP contribution in [0.15, 0.2) is 30.3 Å². The maximum atomic E-state index is 13.0. The van der Waals surface area contributed by atoms with E-state index in [1.165, 1.54) is 0 Å². The molecule has 0 atom stereocenters. The molecule has 0 fully saturated rings. The maximum Gasteiger partial charge on any atom is 0.341 e. The van der Waals surface area contributed by atoms with Crippen molar-refractivity contribution >= 4 is 17.6 Å². The summed E-state index contributed by atoms with van der Waals surface area (Å²) in [5.74, 6) is -8.62. The van der Waals surface area contributed by atoms with Crippen molar-refractivity contribution in [3.8, 4) is 0 Å². The molecule has 0 aliphatic heterocycles. The van der Waals surface area contributed by atoms with E-state index in [-0.39, 0.29) is 0 Å². The van der Waals surface area contributed by atoms with Gasteiger partial charge in [0, 0.05) is 6.07 Å². The van der Waals surface area contributed by atoms with E-state index in [0.717, 1.165) is 18.2 Å². The van der Waals surface area contributed by atoms with Crippen LogP contribution in [0.25, 0.3) is 0 Å². The Morgan fingerprint density at radius 1 is 0.840 bits per heavy atom. The number of hydrogen-bond donors (Lipinski definition) is 2. The molecule has 11 heteroatoms. The van der Waals surface area contributed by atoms with Crippen LogP contribution in [-0.2, 0) is 0 Å². The van der Waals surface area contributed by atoms with Gasteiger partial charge in [-0.3, -0.25) is 10.1 Å². The fourth-order valence-electron chi connectivity index (χ4n) is 1.58. The molecule has 0 heterocycles. The topological polar surface area (TPSA) is 118 Å². The molecule has 0 radical (unpaired) electrons. The molecule has 2 aromatic carbocycles. The van der Waals surface area contributed by atoms with Gasteiger partial charge in [0.15, 0.2) is 0 Å². The Morgan fingerprint density at radius 3 is 1.64 bits per heavy atom. The second-order valence-corrected chi connectivity index (χ2v) is 4.22. The highest BCUT2D eigenvalue weighted by Gasteiger charge is 2.25. The van der Waals surface area contributed by atoms with Crippen molar-refractivity contribution in [2.24, 2.45) is 0 Å². The summed E-state index contributed by atoms with van der Waals surface area (Å²) in [7, 11) is 0. The van der Waals surface area contributed by atoms with Crippen molar-refractivity contribution in [1.29, 1.82) is 0 Å². The van der Waals surface area contributed by atoms with Gasteiger partial charge in [0.05, 0.1) is 4.92 Å². The lowest BCUT2D eigenvalue weighted by atomic mass is 10.2. The third-order valence-corrected chi connectivity index (χ3v) is 2.66. The van der Waals surface area contributed by atoms with Gasteiger partial charge in [-0.15, -0.1) is 0 Å². The monoisotopic (exact) mass is 361 g/mol. The summed E-state index contributed by atoms with van der Waals surface area (Å²) in [5.41, 5.74) is -3.30. The molecular weight excluding hydrogens is 354 g/mol. The summed E-state index contributed by atoms with van der Waals surface area (Å²) in [6.07, 6.45) is 0. The molecule has 2 aromatic rings. The highest BCUT2D eigenvalue weighted by Crippen LogP contribution is 2.22. The average molecular weight is 361 g/mol. The molecule has 2 N–H and O–H groups in total. The lowest BCUT2D eigenvalue weighted by Crippen LogP contribution is -2.07. The molecule has 0 unspecified atom stereocenters. The Kier molecular flexibility index (Phi) is 6.14. The van der Waals surface area contributed by atoms with Crippen molar-refractivity contribution in [1.82, 2.24) is 0 Å². The predicted molar refractivity (Wildman–Crippen MR) is 73.3 cm³/mol. The van der Waals surface area contributed by atoms with Gasteiger partial charge in [-0.1, -0.05) is 6.07 Å². The third kappa shape index (κ3) is 4.50. The van der Waals surface area contributed by atoms with Gasteiger partial charge < -0.3 is 10.2 Å². The number of aromatic carboxylic acids is 2. The van der Waals surface area contributed by atoms with Crippen LogP contribution in [0.3, 0.4) is 0 Å². The average Bonchev–Trinajstić information content (AvgIpc) is 2.46. The van der Waals surface area contributed by atoms with Crippen molar-refractivity contribution in [3.63, 3.8) is 0 Å². The number of nitro benzene ring substituents is 1. The minimum absolute atomic E-state index is 0.532. The zero-order chi connectivity index (χ0) is 19.3. The largest absolute Gasteiger partial charge is 0.477 e. The van der Waals surface area contributed by atoms with Crippen LogP contribution in [0.5, 0.6) is 0 Å². The summed E-state index contributed by atoms with van der Waals surface area (Å²) in [4.78, 5) is 29.5. The Hall–Kier alpha value is -3.50. The number of hydrogen-bond acceptors (Lipinski definition) is 4. The Bertz CT molecular complexity index is 835. The zero-order valence-corrected chi connectivity index (χ0v) is 11.9. The predicted octanol–water partition coefficient (Wildman–Crippen LogP) is 3.23. The number of nitro groups is 1. The van der Waals surface area contributed by atoms with Crippen LogP contribution < -0.4 is 0 Å². The fourth-order valence-corrected chi connectivity index (χ4v) is 1.58. The quantitative estimate of drug-likeness (QED) is 0.492. The summed E-state index contributed by atoms with van der Waals surface area (Å²) >= 11 is 0. The van der Waals surface area contributed by atoms with E-state index in [1.54, 1.807) is 0 Å². The number of carbonyl (C=O) groups is 2. The van der Waals surface area contributed by atoms with Gasteiger partial charge in [0.25, 0.3) is 0 Å². The van der Waals surface area contributed by atoms with Crippen molar-refractivity contribution in [2.75, 3.05) is 0 Å². The first kappa shape index (κ1) is 19.5. The number of halogens is 4. The van der Waals surface area contributed by atoms with Crippen LogP contribution >= 0.6 is 0 Å². The highest BCUT2D eigenvalue weighted by molar-refractivity contribution is 5.89. The van der Waals surface area contributed by atoms with Gasteiger partial charge in [0.1, 0.15) is 28.6 Å². The molecule has 2 rings (SSSR count). The van der Waals surface area contributed by atoms with Crippen molar-refractivity contribution in [2.45, 2.75) is 0 Å². The van der Waals surface area contributed by atoms with Crippen LogP contribution in [-0.4, -0.2) is 27.1 Å². The van der Waals surface area contributed by atoms with E-state index in [1.807, 2.05) is 0 Å². The molecule has 0 spiro atoms. The smallest absolute Gasteiger partial charge is 0.341 e. The standard InChI is InChI=1S/C7H3F2NO4.C7H4F2O2/c8-3-1-2-4(10(13)14)6(9)5(3)7(11)12;8-4-2-1-3-5(9)6(4)7(10)11/h1-2H,(H,11,12);1-3H,(H,10,11). The molecule has 0 saturated heterocycles. The Balaban J connectivity index is 0.000000257.